The lowest BCUT2D eigenvalue weighted by Crippen LogP contribution is -2.59. The molecule has 2 atom stereocenters. The number of alkyl halides is 2. The van der Waals surface area contributed by atoms with Gasteiger partial charge in [-0.1, -0.05) is 45.0 Å². The number of nitrogens with zero attached hydrogens (tertiary/aromatic N) is 3. The average molecular weight is 646 g/mol. The fraction of sp³-hybridized carbons (Fsp3) is 0.452. The Morgan fingerprint density at radius 1 is 0.978 bits per heavy atom. The Bertz CT molecular complexity index is 1630. The van der Waals surface area contributed by atoms with Gasteiger partial charge in [0, 0.05) is 54.9 Å². The average Bonchev–Trinajstić information content (AvgIpc) is 3.66. The summed E-state index contributed by atoms with van der Waals surface area (Å²) in [4.78, 5) is 67.6. The third-order valence-electron chi connectivity index (χ3n) is 8.50. The monoisotopic (exact) mass is 645 g/mol. The molecule has 0 bridgehead atoms. The Kier molecular flexibility index (Phi) is 8.82. The third kappa shape index (κ3) is 6.61. The molecule has 0 saturated carbocycles. The number of rotatable bonds is 7. The highest BCUT2D eigenvalue weighted by Gasteiger charge is 2.50. The maximum absolute atomic E-state index is 14.3. The minimum Gasteiger partial charge on any atom is -0.368 e. The Morgan fingerprint density at radius 3 is 2.27 bits per heavy atom. The summed E-state index contributed by atoms with van der Waals surface area (Å²) in [5.41, 5.74) is -4.65. The van der Waals surface area contributed by atoms with Crippen molar-refractivity contribution < 1.29 is 37.5 Å². The first-order valence-electron chi connectivity index (χ1n) is 14.8. The zero-order valence-electron chi connectivity index (χ0n) is 25.4. The van der Waals surface area contributed by atoms with E-state index < -0.39 is 42.2 Å². The van der Waals surface area contributed by atoms with Crippen LogP contribution in [0.2, 0.25) is 0 Å². The summed E-state index contributed by atoms with van der Waals surface area (Å²) in [6.07, 6.45) is 1.18. The fourth-order valence-electron chi connectivity index (χ4n) is 5.96. The van der Waals surface area contributed by atoms with Crippen LogP contribution in [0.1, 0.15) is 49.7 Å². The number of carbonyl (C=O) groups is 3. The first kappa shape index (κ1) is 32.6. The number of aromatic nitrogens is 1. The molecule has 11 nitrogen and oxygen atoms in total. The summed E-state index contributed by atoms with van der Waals surface area (Å²) >= 11 is 0. The molecule has 3 heterocycles. The number of H-pyrrole nitrogens is 1. The Labute approximate surface area is 259 Å². The van der Waals surface area contributed by atoms with Gasteiger partial charge in [0.2, 0.25) is 11.8 Å². The van der Waals surface area contributed by atoms with Gasteiger partial charge in [-0.05, 0) is 48.6 Å². The summed E-state index contributed by atoms with van der Waals surface area (Å²) in [7, 11) is -5.77. The van der Waals surface area contributed by atoms with Crippen molar-refractivity contribution in [1.29, 1.82) is 0 Å². The topological polar surface area (TPSA) is 146 Å². The lowest BCUT2D eigenvalue weighted by molar-refractivity contribution is -0.146. The minimum absolute atomic E-state index is 0.0194. The van der Waals surface area contributed by atoms with Gasteiger partial charge in [-0.3, -0.25) is 18.9 Å². The van der Waals surface area contributed by atoms with E-state index in [0.29, 0.717) is 51.1 Å². The van der Waals surface area contributed by atoms with E-state index in [4.69, 9.17) is 9.79 Å². The molecule has 0 spiro atoms. The molecular weight excluding hydrogens is 607 g/mol. The molecule has 2 aliphatic rings. The molecule has 242 valence electrons. The van der Waals surface area contributed by atoms with Crippen LogP contribution in [-0.4, -0.2) is 87.1 Å². The first-order valence-corrected chi connectivity index (χ1v) is 16.5. The van der Waals surface area contributed by atoms with E-state index in [9.17, 15) is 27.7 Å². The van der Waals surface area contributed by atoms with Crippen molar-refractivity contribution in [3.05, 3.63) is 65.9 Å². The van der Waals surface area contributed by atoms with Crippen molar-refractivity contribution >= 4 is 41.9 Å². The van der Waals surface area contributed by atoms with Crippen LogP contribution in [0.4, 0.5) is 14.5 Å². The van der Waals surface area contributed by atoms with Gasteiger partial charge in [0.05, 0.1) is 0 Å². The molecule has 45 heavy (non-hydrogen) atoms. The second-order valence-corrected chi connectivity index (χ2v) is 14.3. The number of amides is 3. The highest BCUT2D eigenvalue weighted by Crippen LogP contribution is 2.59. The molecule has 0 unspecified atom stereocenters. The predicted molar refractivity (Wildman–Crippen MR) is 165 cm³/mol. The third-order valence-corrected chi connectivity index (χ3v) is 9.49. The number of piperazine rings is 1. The standard InChI is InChI=1S/C31H38F2N5O6P/c1-30(2,3)26(35-27(39)24-19-20-18-21(11-12-23(20)34-24)31(32,33)45(42,43)44)29(41)38-13-7-10-25(38)28(40)37-16-14-36(15-17-37)22-8-5-4-6-9-22/h4-6,8-9,11-12,18-19,25-26,34H,7,10,13-17H2,1-3H3,(H,35,39)(H2,42,43,44)/t25-,26+/m0/s1. The normalized spacial score (nSPS) is 18.7. The van der Waals surface area contributed by atoms with Crippen LogP contribution < -0.4 is 10.2 Å². The van der Waals surface area contributed by atoms with Gasteiger partial charge < -0.3 is 34.8 Å². The fourth-order valence-corrected chi connectivity index (χ4v) is 6.43. The van der Waals surface area contributed by atoms with Gasteiger partial charge in [-0.25, -0.2) is 0 Å². The summed E-state index contributed by atoms with van der Waals surface area (Å²) in [5, 5.41) is 2.92. The van der Waals surface area contributed by atoms with Crippen LogP contribution in [0.5, 0.6) is 0 Å². The molecule has 2 fully saturated rings. The lowest BCUT2D eigenvalue weighted by Gasteiger charge is -2.39. The van der Waals surface area contributed by atoms with Gasteiger partial charge in [-0.2, -0.15) is 8.78 Å². The van der Waals surface area contributed by atoms with Gasteiger partial charge >= 0.3 is 13.3 Å². The van der Waals surface area contributed by atoms with E-state index >= 15 is 0 Å². The number of hydrogen-bond donors (Lipinski definition) is 4. The number of hydrogen-bond acceptors (Lipinski definition) is 5. The van der Waals surface area contributed by atoms with Crippen molar-refractivity contribution in [2.75, 3.05) is 37.6 Å². The Balaban J connectivity index is 1.29. The van der Waals surface area contributed by atoms with Crippen molar-refractivity contribution in [1.82, 2.24) is 20.1 Å². The van der Waals surface area contributed by atoms with Crippen LogP contribution in [0.15, 0.2) is 54.6 Å². The molecule has 5 rings (SSSR count). The number of benzene rings is 2. The summed E-state index contributed by atoms with van der Waals surface area (Å²) in [6, 6.07) is 12.6. The maximum atomic E-state index is 14.3. The maximum Gasteiger partial charge on any atom is 0.399 e. The summed E-state index contributed by atoms with van der Waals surface area (Å²) in [6.45, 7) is 8.21. The number of aromatic amines is 1. The predicted octanol–water partition coefficient (Wildman–Crippen LogP) is 3.88. The molecular formula is C31H38F2N5O6P. The molecule has 3 amide bonds. The van der Waals surface area contributed by atoms with Crippen LogP contribution in [0.3, 0.4) is 0 Å². The molecule has 0 radical (unpaired) electrons. The van der Waals surface area contributed by atoms with E-state index in [1.165, 1.54) is 12.1 Å². The Morgan fingerprint density at radius 2 is 1.64 bits per heavy atom. The molecule has 0 aliphatic carbocycles. The molecule has 3 aromatic rings. The molecule has 1 aromatic heterocycles. The van der Waals surface area contributed by atoms with E-state index in [-0.39, 0.29) is 22.9 Å². The molecule has 2 saturated heterocycles. The SMILES string of the molecule is CC(C)(C)[C@H](NC(=O)c1cc2cc(C(F)(F)P(=O)(O)O)ccc2[nH]1)C(=O)N1CCC[C@H]1C(=O)N1CCN(c2ccccc2)CC1. The zero-order valence-corrected chi connectivity index (χ0v) is 26.3. The van der Waals surface area contributed by atoms with Crippen LogP contribution in [-0.2, 0) is 19.8 Å². The van der Waals surface area contributed by atoms with E-state index in [2.05, 4.69) is 15.2 Å². The summed E-state index contributed by atoms with van der Waals surface area (Å²) in [5.74, 6) is -1.15. The number of nitrogens with one attached hydrogen (secondary N) is 2. The zero-order chi connectivity index (χ0) is 32.7. The second kappa shape index (κ2) is 12.2. The van der Waals surface area contributed by atoms with Gasteiger partial charge in [-0.15, -0.1) is 0 Å². The van der Waals surface area contributed by atoms with Gasteiger partial charge in [0.1, 0.15) is 17.8 Å². The first-order chi connectivity index (χ1) is 21.1. The van der Waals surface area contributed by atoms with E-state index in [1.54, 1.807) is 30.6 Å². The number of anilines is 1. The van der Waals surface area contributed by atoms with E-state index in [1.807, 2.05) is 30.3 Å². The van der Waals surface area contributed by atoms with Crippen LogP contribution >= 0.6 is 7.60 Å². The van der Waals surface area contributed by atoms with Gasteiger partial charge in [0.25, 0.3) is 5.91 Å². The number of likely N-dealkylation sites (tertiary alicyclic amines) is 1. The van der Waals surface area contributed by atoms with Gasteiger partial charge in [0.15, 0.2) is 0 Å². The molecule has 14 heteroatoms. The van der Waals surface area contributed by atoms with Crippen molar-refractivity contribution in [2.45, 2.75) is 51.4 Å². The van der Waals surface area contributed by atoms with Crippen LogP contribution in [0.25, 0.3) is 10.9 Å². The van der Waals surface area contributed by atoms with E-state index in [0.717, 1.165) is 17.8 Å². The molecule has 4 N–H and O–H groups in total. The molecule has 2 aromatic carbocycles. The molecule has 2 aliphatic heterocycles. The Hall–Kier alpha value is -3.80. The summed E-state index contributed by atoms with van der Waals surface area (Å²) < 4.78 is 39.9. The largest absolute Gasteiger partial charge is 0.399 e. The smallest absolute Gasteiger partial charge is 0.368 e. The van der Waals surface area contributed by atoms with Crippen molar-refractivity contribution in [3.63, 3.8) is 0 Å². The number of fused-ring (bicyclic) bond motifs is 1. The van der Waals surface area contributed by atoms with Crippen LogP contribution in [0, 0.1) is 5.41 Å². The second-order valence-electron chi connectivity index (χ2n) is 12.7. The minimum atomic E-state index is -5.77. The highest BCUT2D eigenvalue weighted by atomic mass is 31.2. The number of halogens is 2. The van der Waals surface area contributed by atoms with Crippen molar-refractivity contribution in [2.24, 2.45) is 5.41 Å². The highest BCUT2D eigenvalue weighted by molar-refractivity contribution is 7.52. The van der Waals surface area contributed by atoms with Crippen molar-refractivity contribution in [3.8, 4) is 0 Å². The number of para-hydroxylation sites is 1. The quantitative estimate of drug-likeness (QED) is 0.286. The lowest BCUT2D eigenvalue weighted by atomic mass is 9.85. The number of carbonyl (C=O) groups excluding carboxylic acids is 3.